The van der Waals surface area contributed by atoms with Gasteiger partial charge in [0.2, 0.25) is 0 Å². The molecule has 0 unspecified atom stereocenters. The fourth-order valence-electron chi connectivity index (χ4n) is 1.25. The van der Waals surface area contributed by atoms with Crippen LogP contribution in [0.4, 0.5) is 10.5 Å². The van der Waals surface area contributed by atoms with Crippen LogP contribution in [-0.2, 0) is 4.84 Å². The van der Waals surface area contributed by atoms with Crippen molar-refractivity contribution in [1.82, 2.24) is 10.5 Å². The molecule has 0 bridgehead atoms. The summed E-state index contributed by atoms with van der Waals surface area (Å²) in [5, 5.41) is 3.01. The average molecular weight is 244 g/mol. The minimum absolute atomic E-state index is 0.212. The first-order chi connectivity index (χ1) is 7.56. The van der Waals surface area contributed by atoms with Crippen LogP contribution >= 0.6 is 11.6 Å². The molecule has 0 saturated heterocycles. The highest BCUT2D eigenvalue weighted by Crippen LogP contribution is 2.29. The van der Waals surface area contributed by atoms with Gasteiger partial charge in [0, 0.05) is 12.4 Å². The fraction of sp³-hybridized carbons (Fsp3) is 0.400. The lowest BCUT2D eigenvalue weighted by Gasteiger charge is -2.14. The molecule has 1 rings (SSSR count). The molecule has 2 N–H and O–H groups in total. The van der Waals surface area contributed by atoms with Crippen molar-refractivity contribution >= 4 is 23.3 Å². The van der Waals surface area contributed by atoms with Crippen molar-refractivity contribution in [3.8, 4) is 0 Å². The van der Waals surface area contributed by atoms with Crippen molar-refractivity contribution in [2.24, 2.45) is 0 Å². The van der Waals surface area contributed by atoms with Crippen LogP contribution in [0.3, 0.4) is 0 Å². The smallest absolute Gasteiger partial charge is 0.304 e. The Bertz CT molecular complexity index is 382. The van der Waals surface area contributed by atoms with Crippen LogP contribution in [0.1, 0.15) is 25.3 Å². The molecule has 6 heteroatoms. The number of halogens is 1. The van der Waals surface area contributed by atoms with Gasteiger partial charge >= 0.3 is 6.03 Å². The van der Waals surface area contributed by atoms with E-state index in [4.69, 9.17) is 11.6 Å². The van der Waals surface area contributed by atoms with Crippen LogP contribution in [0, 0.1) is 0 Å². The Morgan fingerprint density at radius 2 is 2.19 bits per heavy atom. The third-order valence-electron chi connectivity index (χ3n) is 1.98. The molecule has 5 nitrogen and oxygen atoms in total. The van der Waals surface area contributed by atoms with E-state index in [1.807, 2.05) is 13.8 Å². The van der Waals surface area contributed by atoms with Gasteiger partial charge in [-0.25, -0.2) is 10.3 Å². The summed E-state index contributed by atoms with van der Waals surface area (Å²) in [5.41, 5.74) is 3.59. The molecular formula is C10H14ClN3O2. The van der Waals surface area contributed by atoms with Gasteiger partial charge in [-0.15, -0.1) is 0 Å². The Kier molecular flexibility index (Phi) is 4.52. The SMILES string of the molecule is CONC(=O)Nc1c(Cl)cncc1C(C)C. The molecule has 1 heterocycles. The van der Waals surface area contributed by atoms with Crippen molar-refractivity contribution in [2.75, 3.05) is 12.4 Å². The topological polar surface area (TPSA) is 63.2 Å². The zero-order valence-electron chi connectivity index (χ0n) is 9.37. The van der Waals surface area contributed by atoms with Gasteiger partial charge in [-0.2, -0.15) is 0 Å². The molecule has 0 spiro atoms. The van der Waals surface area contributed by atoms with Crippen molar-refractivity contribution in [2.45, 2.75) is 19.8 Å². The van der Waals surface area contributed by atoms with Crippen molar-refractivity contribution in [3.63, 3.8) is 0 Å². The summed E-state index contributed by atoms with van der Waals surface area (Å²) >= 11 is 5.97. The fourth-order valence-corrected chi connectivity index (χ4v) is 1.46. The molecule has 1 aromatic rings. The van der Waals surface area contributed by atoms with Crippen molar-refractivity contribution < 1.29 is 9.63 Å². The summed E-state index contributed by atoms with van der Waals surface area (Å²) in [6, 6.07) is -0.475. The maximum atomic E-state index is 11.3. The van der Waals surface area contributed by atoms with Gasteiger partial charge in [-0.05, 0) is 11.5 Å². The molecule has 2 amide bonds. The number of nitrogens with zero attached hydrogens (tertiary/aromatic N) is 1. The minimum Gasteiger partial charge on any atom is -0.304 e. The number of nitrogens with one attached hydrogen (secondary N) is 2. The van der Waals surface area contributed by atoms with Crippen LogP contribution < -0.4 is 10.8 Å². The van der Waals surface area contributed by atoms with E-state index >= 15 is 0 Å². The summed E-state index contributed by atoms with van der Waals surface area (Å²) in [6.07, 6.45) is 3.16. The molecule has 0 atom stereocenters. The highest BCUT2D eigenvalue weighted by Gasteiger charge is 2.13. The molecule has 1 aromatic heterocycles. The maximum absolute atomic E-state index is 11.3. The summed E-state index contributed by atoms with van der Waals surface area (Å²) < 4.78 is 0. The molecule has 0 radical (unpaired) electrons. The number of aromatic nitrogens is 1. The number of pyridine rings is 1. The van der Waals surface area contributed by atoms with Crippen LogP contribution in [0.5, 0.6) is 0 Å². The zero-order chi connectivity index (χ0) is 12.1. The third kappa shape index (κ3) is 3.08. The molecule has 0 aliphatic carbocycles. The highest BCUT2D eigenvalue weighted by molar-refractivity contribution is 6.33. The van der Waals surface area contributed by atoms with Gasteiger partial charge in [0.1, 0.15) is 0 Å². The molecule has 0 aromatic carbocycles. The molecule has 0 fully saturated rings. The van der Waals surface area contributed by atoms with Gasteiger partial charge in [-0.1, -0.05) is 25.4 Å². The normalized spacial score (nSPS) is 10.3. The quantitative estimate of drug-likeness (QED) is 0.802. The number of hydrogen-bond donors (Lipinski definition) is 2. The second-order valence-electron chi connectivity index (χ2n) is 3.50. The standard InChI is InChI=1S/C10H14ClN3O2/c1-6(2)7-4-12-5-8(11)9(7)13-10(15)14-16-3/h4-6H,1-3H3,(H2,12,13,14,15). The van der Waals surface area contributed by atoms with E-state index in [1.54, 1.807) is 6.20 Å². The van der Waals surface area contributed by atoms with Crippen LogP contribution in [0.25, 0.3) is 0 Å². The van der Waals surface area contributed by atoms with Crippen LogP contribution in [-0.4, -0.2) is 18.1 Å². The number of carbonyl (C=O) groups is 1. The second-order valence-corrected chi connectivity index (χ2v) is 3.91. The molecule has 16 heavy (non-hydrogen) atoms. The summed E-state index contributed by atoms with van der Waals surface area (Å²) in [4.78, 5) is 19.8. The molecule has 0 saturated carbocycles. The van der Waals surface area contributed by atoms with E-state index in [2.05, 4.69) is 20.6 Å². The number of carbonyl (C=O) groups excluding carboxylic acids is 1. The Morgan fingerprint density at radius 3 is 2.75 bits per heavy atom. The molecule has 88 valence electrons. The monoisotopic (exact) mass is 243 g/mol. The predicted molar refractivity (Wildman–Crippen MR) is 62.5 cm³/mol. The number of hydroxylamine groups is 1. The Hall–Kier alpha value is -1.33. The molecule has 0 aliphatic heterocycles. The lowest BCUT2D eigenvalue weighted by atomic mass is 10.0. The lowest BCUT2D eigenvalue weighted by Crippen LogP contribution is -2.28. The first-order valence-corrected chi connectivity index (χ1v) is 5.17. The maximum Gasteiger partial charge on any atom is 0.343 e. The number of rotatable bonds is 3. The molecular weight excluding hydrogens is 230 g/mol. The van der Waals surface area contributed by atoms with Crippen LogP contribution in [0.15, 0.2) is 12.4 Å². The predicted octanol–water partition coefficient (Wildman–Crippen LogP) is 2.54. The van der Waals surface area contributed by atoms with E-state index in [1.165, 1.54) is 13.3 Å². The summed E-state index contributed by atoms with van der Waals surface area (Å²) in [7, 11) is 1.36. The van der Waals surface area contributed by atoms with E-state index < -0.39 is 6.03 Å². The second kappa shape index (κ2) is 5.67. The number of urea groups is 1. The van der Waals surface area contributed by atoms with Crippen LogP contribution in [0.2, 0.25) is 5.02 Å². The van der Waals surface area contributed by atoms with Gasteiger partial charge in [0.15, 0.2) is 0 Å². The Labute approximate surface area is 99.1 Å². The van der Waals surface area contributed by atoms with Gasteiger partial charge in [0.05, 0.1) is 17.8 Å². The first kappa shape index (κ1) is 12.7. The van der Waals surface area contributed by atoms with E-state index in [9.17, 15) is 4.79 Å². The average Bonchev–Trinajstić information content (AvgIpc) is 2.21. The van der Waals surface area contributed by atoms with Gasteiger partial charge < -0.3 is 5.32 Å². The number of hydrogen-bond acceptors (Lipinski definition) is 3. The van der Waals surface area contributed by atoms with E-state index in [-0.39, 0.29) is 5.92 Å². The van der Waals surface area contributed by atoms with Crippen molar-refractivity contribution in [3.05, 3.63) is 23.0 Å². The Balaban J connectivity index is 2.97. The van der Waals surface area contributed by atoms with E-state index in [0.717, 1.165) is 5.56 Å². The number of amides is 2. The summed E-state index contributed by atoms with van der Waals surface area (Å²) in [6.45, 7) is 3.99. The zero-order valence-corrected chi connectivity index (χ0v) is 10.1. The minimum atomic E-state index is -0.475. The largest absolute Gasteiger partial charge is 0.343 e. The van der Waals surface area contributed by atoms with E-state index in [0.29, 0.717) is 10.7 Å². The highest BCUT2D eigenvalue weighted by atomic mass is 35.5. The first-order valence-electron chi connectivity index (χ1n) is 4.79. The summed E-state index contributed by atoms with van der Waals surface area (Å²) in [5.74, 6) is 0.212. The number of anilines is 1. The third-order valence-corrected chi connectivity index (χ3v) is 2.27. The van der Waals surface area contributed by atoms with Gasteiger partial charge in [0.25, 0.3) is 0 Å². The molecule has 0 aliphatic rings. The van der Waals surface area contributed by atoms with Crippen molar-refractivity contribution in [1.29, 1.82) is 0 Å². The van der Waals surface area contributed by atoms with Gasteiger partial charge in [-0.3, -0.25) is 9.82 Å². The Morgan fingerprint density at radius 1 is 1.50 bits per heavy atom. The lowest BCUT2D eigenvalue weighted by molar-refractivity contribution is 0.114.